The molecule has 0 unspecified atom stereocenters. The summed E-state index contributed by atoms with van der Waals surface area (Å²) in [7, 11) is -3.58. The molecule has 0 radical (unpaired) electrons. The van der Waals surface area contributed by atoms with Crippen molar-refractivity contribution >= 4 is 21.6 Å². The Hall–Kier alpha value is -2.34. The SMILES string of the molecule is CC(C)(C)CC(=O)NCCc1ccc(NS(=O)(=O)c2ccccc2)cc1. The first-order valence-corrected chi connectivity index (χ1v) is 10.1. The Morgan fingerprint density at radius 1 is 0.962 bits per heavy atom. The number of carbonyl (C=O) groups excluding carboxylic acids is 1. The molecule has 0 aromatic heterocycles. The summed E-state index contributed by atoms with van der Waals surface area (Å²) in [6, 6.07) is 15.4. The number of hydrogen-bond acceptors (Lipinski definition) is 3. The highest BCUT2D eigenvalue weighted by atomic mass is 32.2. The molecule has 0 heterocycles. The minimum Gasteiger partial charge on any atom is -0.356 e. The Kier molecular flexibility index (Phi) is 6.42. The normalized spacial score (nSPS) is 11.8. The average molecular weight is 375 g/mol. The maximum absolute atomic E-state index is 12.3. The molecule has 2 aromatic carbocycles. The van der Waals surface area contributed by atoms with E-state index in [1.807, 2.05) is 32.9 Å². The van der Waals surface area contributed by atoms with Gasteiger partial charge >= 0.3 is 0 Å². The number of rotatable bonds is 7. The zero-order chi connectivity index (χ0) is 19.2. The van der Waals surface area contributed by atoms with E-state index in [9.17, 15) is 13.2 Å². The summed E-state index contributed by atoms with van der Waals surface area (Å²) in [6.45, 7) is 6.65. The number of benzene rings is 2. The Bertz CT molecular complexity index is 824. The lowest BCUT2D eigenvalue weighted by atomic mass is 9.92. The molecular formula is C20H26N2O3S. The largest absolute Gasteiger partial charge is 0.356 e. The molecule has 2 rings (SSSR count). The lowest BCUT2D eigenvalue weighted by Gasteiger charge is -2.17. The fourth-order valence-corrected chi connectivity index (χ4v) is 3.52. The molecule has 0 atom stereocenters. The van der Waals surface area contributed by atoms with Gasteiger partial charge in [0.05, 0.1) is 4.90 Å². The van der Waals surface area contributed by atoms with Gasteiger partial charge in [0, 0.05) is 18.7 Å². The molecule has 0 aliphatic heterocycles. The monoisotopic (exact) mass is 374 g/mol. The van der Waals surface area contributed by atoms with Crippen molar-refractivity contribution in [3.8, 4) is 0 Å². The van der Waals surface area contributed by atoms with Crippen LogP contribution in [0.4, 0.5) is 5.69 Å². The topological polar surface area (TPSA) is 75.3 Å². The first-order valence-electron chi connectivity index (χ1n) is 8.59. The van der Waals surface area contributed by atoms with E-state index in [2.05, 4.69) is 10.0 Å². The summed E-state index contributed by atoms with van der Waals surface area (Å²) >= 11 is 0. The number of sulfonamides is 1. The predicted octanol–water partition coefficient (Wildman–Crippen LogP) is 3.58. The minimum atomic E-state index is -3.58. The van der Waals surface area contributed by atoms with Gasteiger partial charge in [-0.15, -0.1) is 0 Å². The van der Waals surface area contributed by atoms with Crippen molar-refractivity contribution in [1.29, 1.82) is 0 Å². The van der Waals surface area contributed by atoms with E-state index >= 15 is 0 Å². The van der Waals surface area contributed by atoms with Gasteiger partial charge in [-0.2, -0.15) is 0 Å². The molecule has 1 amide bonds. The van der Waals surface area contributed by atoms with Crippen LogP contribution in [0.25, 0.3) is 0 Å². The van der Waals surface area contributed by atoms with Crippen molar-refractivity contribution in [1.82, 2.24) is 5.32 Å². The van der Waals surface area contributed by atoms with Crippen LogP contribution >= 0.6 is 0 Å². The Labute approximate surface area is 155 Å². The third-order valence-electron chi connectivity index (χ3n) is 3.69. The second-order valence-corrected chi connectivity index (χ2v) is 9.14. The second kappa shape index (κ2) is 8.36. The van der Waals surface area contributed by atoms with Crippen molar-refractivity contribution < 1.29 is 13.2 Å². The van der Waals surface area contributed by atoms with Crippen LogP contribution in [0.5, 0.6) is 0 Å². The van der Waals surface area contributed by atoms with Gasteiger partial charge in [0.2, 0.25) is 5.91 Å². The zero-order valence-electron chi connectivity index (χ0n) is 15.5. The number of amides is 1. The van der Waals surface area contributed by atoms with Gasteiger partial charge in [0.25, 0.3) is 10.0 Å². The van der Waals surface area contributed by atoms with Crippen molar-refractivity contribution in [2.45, 2.75) is 38.5 Å². The summed E-state index contributed by atoms with van der Waals surface area (Å²) in [5.74, 6) is 0.0461. The van der Waals surface area contributed by atoms with E-state index in [0.29, 0.717) is 25.1 Å². The third-order valence-corrected chi connectivity index (χ3v) is 5.08. The van der Waals surface area contributed by atoms with Crippen LogP contribution in [0.2, 0.25) is 0 Å². The van der Waals surface area contributed by atoms with Crippen LogP contribution in [-0.2, 0) is 21.2 Å². The molecule has 0 fully saturated rings. The van der Waals surface area contributed by atoms with E-state index < -0.39 is 10.0 Å². The molecule has 0 saturated carbocycles. The summed E-state index contributed by atoms with van der Waals surface area (Å²) < 4.78 is 27.1. The van der Waals surface area contributed by atoms with Crippen LogP contribution in [-0.4, -0.2) is 20.9 Å². The fourth-order valence-electron chi connectivity index (χ4n) is 2.44. The second-order valence-electron chi connectivity index (χ2n) is 7.45. The maximum atomic E-state index is 12.3. The highest BCUT2D eigenvalue weighted by Gasteiger charge is 2.15. The first kappa shape index (κ1) is 20.0. The summed E-state index contributed by atoms with van der Waals surface area (Å²) in [5, 5.41) is 2.91. The highest BCUT2D eigenvalue weighted by molar-refractivity contribution is 7.92. The van der Waals surface area contributed by atoms with E-state index in [1.54, 1.807) is 42.5 Å². The standard InChI is InChI=1S/C20H26N2O3S/c1-20(2,3)15-19(23)21-14-13-16-9-11-17(12-10-16)22-26(24,25)18-7-5-4-6-8-18/h4-12,22H,13-15H2,1-3H3,(H,21,23). The van der Waals surface area contributed by atoms with Gasteiger partial charge in [-0.25, -0.2) is 8.42 Å². The number of hydrogen-bond donors (Lipinski definition) is 2. The summed E-state index contributed by atoms with van der Waals surface area (Å²) in [6.07, 6.45) is 1.19. The molecule has 5 nitrogen and oxygen atoms in total. The molecule has 140 valence electrons. The van der Waals surface area contributed by atoms with E-state index in [4.69, 9.17) is 0 Å². The van der Waals surface area contributed by atoms with E-state index in [1.165, 1.54) is 0 Å². The smallest absolute Gasteiger partial charge is 0.261 e. The van der Waals surface area contributed by atoms with Crippen LogP contribution < -0.4 is 10.0 Å². The van der Waals surface area contributed by atoms with Gasteiger partial charge < -0.3 is 5.32 Å². The van der Waals surface area contributed by atoms with Gasteiger partial charge in [-0.05, 0) is 41.7 Å². The Morgan fingerprint density at radius 2 is 1.58 bits per heavy atom. The van der Waals surface area contributed by atoms with Crippen LogP contribution in [0.15, 0.2) is 59.5 Å². The summed E-state index contributed by atoms with van der Waals surface area (Å²) in [4.78, 5) is 12.0. The zero-order valence-corrected chi connectivity index (χ0v) is 16.3. The quantitative estimate of drug-likeness (QED) is 0.778. The predicted molar refractivity (Wildman–Crippen MR) is 104 cm³/mol. The van der Waals surface area contributed by atoms with Gasteiger partial charge in [0.1, 0.15) is 0 Å². The Balaban J connectivity index is 1.88. The number of anilines is 1. The molecule has 0 saturated heterocycles. The average Bonchev–Trinajstić information content (AvgIpc) is 2.55. The molecule has 26 heavy (non-hydrogen) atoms. The van der Waals surface area contributed by atoms with Crippen molar-refractivity contribution in [2.75, 3.05) is 11.3 Å². The van der Waals surface area contributed by atoms with Crippen LogP contribution in [0, 0.1) is 5.41 Å². The number of nitrogens with one attached hydrogen (secondary N) is 2. The summed E-state index contributed by atoms with van der Waals surface area (Å²) in [5.41, 5.74) is 1.51. The Morgan fingerprint density at radius 3 is 2.15 bits per heavy atom. The van der Waals surface area contributed by atoms with Crippen molar-refractivity contribution in [3.05, 3.63) is 60.2 Å². The van der Waals surface area contributed by atoms with Crippen molar-refractivity contribution in [2.24, 2.45) is 5.41 Å². The lowest BCUT2D eigenvalue weighted by molar-refractivity contribution is -0.122. The molecular weight excluding hydrogens is 348 g/mol. The number of carbonyl (C=O) groups is 1. The van der Waals surface area contributed by atoms with E-state index in [-0.39, 0.29) is 16.2 Å². The van der Waals surface area contributed by atoms with Crippen LogP contribution in [0.1, 0.15) is 32.8 Å². The van der Waals surface area contributed by atoms with Gasteiger partial charge in [-0.3, -0.25) is 9.52 Å². The highest BCUT2D eigenvalue weighted by Crippen LogP contribution is 2.18. The fraction of sp³-hybridized carbons (Fsp3) is 0.350. The maximum Gasteiger partial charge on any atom is 0.261 e. The molecule has 2 N–H and O–H groups in total. The molecule has 0 spiro atoms. The molecule has 0 bridgehead atoms. The van der Waals surface area contributed by atoms with Gasteiger partial charge in [-0.1, -0.05) is 51.1 Å². The first-order chi connectivity index (χ1) is 12.2. The lowest BCUT2D eigenvalue weighted by Crippen LogP contribution is -2.29. The van der Waals surface area contributed by atoms with Crippen molar-refractivity contribution in [3.63, 3.8) is 0 Å². The minimum absolute atomic E-state index is 0.0261. The molecule has 0 aliphatic carbocycles. The van der Waals surface area contributed by atoms with E-state index in [0.717, 1.165) is 5.56 Å². The van der Waals surface area contributed by atoms with Gasteiger partial charge in [0.15, 0.2) is 0 Å². The third kappa shape index (κ3) is 6.52. The molecule has 6 heteroatoms. The van der Waals surface area contributed by atoms with Crippen LogP contribution in [0.3, 0.4) is 0 Å². The molecule has 0 aliphatic rings. The molecule has 2 aromatic rings.